The zero-order valence-corrected chi connectivity index (χ0v) is 9.70. The zero-order valence-electron chi connectivity index (χ0n) is 8.12. The molecule has 1 atom stereocenters. The van der Waals surface area contributed by atoms with Crippen LogP contribution in [0.25, 0.3) is 0 Å². The quantitative estimate of drug-likeness (QED) is 0.803. The highest BCUT2D eigenvalue weighted by molar-refractivity contribution is 9.09. The lowest BCUT2D eigenvalue weighted by atomic mass is 9.93. The van der Waals surface area contributed by atoms with Crippen LogP contribution >= 0.6 is 15.9 Å². The van der Waals surface area contributed by atoms with Crippen molar-refractivity contribution in [2.24, 2.45) is 0 Å². The summed E-state index contributed by atoms with van der Waals surface area (Å²) in [7, 11) is 0. The summed E-state index contributed by atoms with van der Waals surface area (Å²) >= 11 is 3.62. The molecule has 0 bridgehead atoms. The standard InChI is InChI=1S/C12H15BrO/c13-11(10-6-2-1-3-7-10)12(14)8-4-5-9-12/h1-3,6-7,11,14H,4-5,8-9H2. The van der Waals surface area contributed by atoms with E-state index in [2.05, 4.69) is 28.1 Å². The minimum Gasteiger partial charge on any atom is -0.388 e. The molecule has 1 aliphatic rings. The SMILES string of the molecule is OC1(C(Br)c2ccccc2)CCCC1. The van der Waals surface area contributed by atoms with Crippen molar-refractivity contribution in [3.05, 3.63) is 35.9 Å². The molecule has 1 aromatic rings. The number of aliphatic hydroxyl groups is 1. The third-order valence-electron chi connectivity index (χ3n) is 3.03. The summed E-state index contributed by atoms with van der Waals surface area (Å²) in [4.78, 5) is 0.0821. The number of benzene rings is 1. The van der Waals surface area contributed by atoms with Gasteiger partial charge in [-0.25, -0.2) is 0 Å². The molecule has 0 spiro atoms. The van der Waals surface area contributed by atoms with E-state index in [-0.39, 0.29) is 4.83 Å². The third-order valence-corrected chi connectivity index (χ3v) is 4.41. The normalized spacial score (nSPS) is 22.1. The Labute approximate surface area is 93.3 Å². The van der Waals surface area contributed by atoms with Crippen LogP contribution < -0.4 is 0 Å². The van der Waals surface area contributed by atoms with Crippen molar-refractivity contribution >= 4 is 15.9 Å². The average Bonchev–Trinajstić information content (AvgIpc) is 2.67. The van der Waals surface area contributed by atoms with Gasteiger partial charge in [0.25, 0.3) is 0 Å². The van der Waals surface area contributed by atoms with E-state index >= 15 is 0 Å². The number of alkyl halides is 1. The monoisotopic (exact) mass is 254 g/mol. The van der Waals surface area contributed by atoms with E-state index in [0.29, 0.717) is 0 Å². The predicted molar refractivity (Wildman–Crippen MR) is 61.5 cm³/mol. The van der Waals surface area contributed by atoms with Gasteiger partial charge in [-0.2, -0.15) is 0 Å². The molecule has 1 saturated carbocycles. The molecule has 1 N–H and O–H groups in total. The van der Waals surface area contributed by atoms with Gasteiger partial charge in [0, 0.05) is 0 Å². The summed E-state index contributed by atoms with van der Waals surface area (Å²) in [5.41, 5.74) is 0.651. The fourth-order valence-electron chi connectivity index (χ4n) is 2.17. The lowest BCUT2D eigenvalue weighted by molar-refractivity contribution is 0.0469. The summed E-state index contributed by atoms with van der Waals surface area (Å²) < 4.78 is 0. The number of hydrogen-bond donors (Lipinski definition) is 1. The van der Waals surface area contributed by atoms with Crippen molar-refractivity contribution in [2.75, 3.05) is 0 Å². The molecule has 1 nitrogen and oxygen atoms in total. The third kappa shape index (κ3) is 1.86. The van der Waals surface area contributed by atoms with Gasteiger partial charge in [-0.3, -0.25) is 0 Å². The van der Waals surface area contributed by atoms with Gasteiger partial charge in [0.2, 0.25) is 0 Å². The predicted octanol–water partition coefficient (Wildman–Crippen LogP) is 3.43. The second-order valence-corrected chi connectivity index (χ2v) is 5.00. The molecule has 0 aromatic heterocycles. The highest BCUT2D eigenvalue weighted by Gasteiger charge is 2.38. The van der Waals surface area contributed by atoms with Crippen molar-refractivity contribution in [1.82, 2.24) is 0 Å². The average molecular weight is 255 g/mol. The van der Waals surface area contributed by atoms with Crippen LogP contribution in [0.15, 0.2) is 30.3 Å². The summed E-state index contributed by atoms with van der Waals surface area (Å²) in [6.45, 7) is 0. The van der Waals surface area contributed by atoms with E-state index in [0.717, 1.165) is 25.7 Å². The maximum atomic E-state index is 10.4. The topological polar surface area (TPSA) is 20.2 Å². The van der Waals surface area contributed by atoms with Crippen LogP contribution in [-0.4, -0.2) is 10.7 Å². The molecule has 0 aliphatic heterocycles. The van der Waals surface area contributed by atoms with Crippen LogP contribution in [0.1, 0.15) is 36.1 Å². The Bertz CT molecular complexity index is 290. The van der Waals surface area contributed by atoms with Crippen molar-refractivity contribution in [2.45, 2.75) is 36.1 Å². The van der Waals surface area contributed by atoms with Gasteiger partial charge in [-0.15, -0.1) is 0 Å². The fraction of sp³-hybridized carbons (Fsp3) is 0.500. The summed E-state index contributed by atoms with van der Waals surface area (Å²) in [6, 6.07) is 10.2. The molecule has 0 heterocycles. The minimum atomic E-state index is -0.526. The van der Waals surface area contributed by atoms with Crippen LogP contribution in [0.4, 0.5) is 0 Å². The fourth-order valence-corrected chi connectivity index (χ4v) is 2.94. The molecule has 2 heteroatoms. The van der Waals surface area contributed by atoms with Crippen molar-refractivity contribution in [1.29, 1.82) is 0 Å². The molecular weight excluding hydrogens is 240 g/mol. The molecule has 1 aromatic carbocycles. The van der Waals surface area contributed by atoms with Gasteiger partial charge in [0.1, 0.15) is 0 Å². The van der Waals surface area contributed by atoms with Gasteiger partial charge in [0.05, 0.1) is 10.4 Å². The smallest absolute Gasteiger partial charge is 0.0813 e. The summed E-state index contributed by atoms with van der Waals surface area (Å²) in [6.07, 6.45) is 4.12. The molecule has 2 rings (SSSR count). The zero-order chi connectivity index (χ0) is 10.0. The molecule has 1 unspecified atom stereocenters. The van der Waals surface area contributed by atoms with Crippen LogP contribution in [0.2, 0.25) is 0 Å². The van der Waals surface area contributed by atoms with Crippen molar-refractivity contribution in [3.63, 3.8) is 0 Å². The summed E-state index contributed by atoms with van der Waals surface area (Å²) in [5.74, 6) is 0. The van der Waals surface area contributed by atoms with Crippen molar-refractivity contribution < 1.29 is 5.11 Å². The maximum absolute atomic E-state index is 10.4. The van der Waals surface area contributed by atoms with E-state index in [1.54, 1.807) is 0 Å². The number of hydrogen-bond acceptors (Lipinski definition) is 1. The first-order valence-corrected chi connectivity index (χ1v) is 6.05. The molecule has 76 valence electrons. The summed E-state index contributed by atoms with van der Waals surface area (Å²) in [5, 5.41) is 10.4. The van der Waals surface area contributed by atoms with Crippen LogP contribution in [0.5, 0.6) is 0 Å². The van der Waals surface area contributed by atoms with Crippen molar-refractivity contribution in [3.8, 4) is 0 Å². The molecular formula is C12H15BrO. The number of rotatable bonds is 2. The molecule has 0 radical (unpaired) electrons. The first-order chi connectivity index (χ1) is 6.72. The Morgan fingerprint density at radius 1 is 1.14 bits per heavy atom. The Kier molecular flexibility index (Phi) is 2.93. The van der Waals surface area contributed by atoms with Gasteiger partial charge in [-0.1, -0.05) is 59.1 Å². The van der Waals surface area contributed by atoms with Gasteiger partial charge in [-0.05, 0) is 18.4 Å². The first-order valence-electron chi connectivity index (χ1n) is 5.14. The molecule has 0 saturated heterocycles. The lowest BCUT2D eigenvalue weighted by Crippen LogP contribution is -2.29. The van der Waals surface area contributed by atoms with E-state index in [4.69, 9.17) is 0 Å². The first kappa shape index (κ1) is 10.2. The molecule has 14 heavy (non-hydrogen) atoms. The Balaban J connectivity index is 2.19. The Morgan fingerprint density at radius 2 is 1.71 bits per heavy atom. The van der Waals surface area contributed by atoms with Crippen LogP contribution in [-0.2, 0) is 0 Å². The molecule has 1 aliphatic carbocycles. The number of halogens is 1. The molecule has 0 amide bonds. The van der Waals surface area contributed by atoms with Gasteiger partial charge < -0.3 is 5.11 Å². The largest absolute Gasteiger partial charge is 0.388 e. The van der Waals surface area contributed by atoms with E-state index < -0.39 is 5.60 Å². The van der Waals surface area contributed by atoms with E-state index in [9.17, 15) is 5.11 Å². The minimum absolute atomic E-state index is 0.0821. The van der Waals surface area contributed by atoms with Crippen LogP contribution in [0, 0.1) is 0 Å². The Morgan fingerprint density at radius 3 is 2.29 bits per heavy atom. The second kappa shape index (κ2) is 4.03. The highest BCUT2D eigenvalue weighted by Crippen LogP contribution is 2.44. The van der Waals surface area contributed by atoms with E-state index in [1.807, 2.05) is 18.2 Å². The Hall–Kier alpha value is -0.340. The maximum Gasteiger partial charge on any atom is 0.0813 e. The lowest BCUT2D eigenvalue weighted by Gasteiger charge is -2.28. The second-order valence-electron chi connectivity index (χ2n) is 4.08. The highest BCUT2D eigenvalue weighted by atomic mass is 79.9. The molecule has 1 fully saturated rings. The van der Waals surface area contributed by atoms with Crippen LogP contribution in [0.3, 0.4) is 0 Å². The van der Waals surface area contributed by atoms with E-state index in [1.165, 1.54) is 5.56 Å². The van der Waals surface area contributed by atoms with Gasteiger partial charge in [0.15, 0.2) is 0 Å². The van der Waals surface area contributed by atoms with Gasteiger partial charge >= 0.3 is 0 Å².